The van der Waals surface area contributed by atoms with Crippen molar-refractivity contribution in [1.29, 1.82) is 0 Å². The molecule has 4 aromatic carbocycles. The summed E-state index contributed by atoms with van der Waals surface area (Å²) >= 11 is 0. The van der Waals surface area contributed by atoms with Crippen molar-refractivity contribution in [2.75, 3.05) is 6.61 Å². The summed E-state index contributed by atoms with van der Waals surface area (Å²) in [5.74, 6) is -1.14. The summed E-state index contributed by atoms with van der Waals surface area (Å²) in [6.45, 7) is 5.17. The Morgan fingerprint density at radius 2 is 1.55 bits per heavy atom. The maximum atomic E-state index is 12.3. The molecule has 4 rings (SSSR count). The van der Waals surface area contributed by atoms with E-state index in [1.54, 1.807) is 6.92 Å². The first-order chi connectivity index (χ1) is 14.0. The Morgan fingerprint density at radius 3 is 2.28 bits per heavy atom. The number of rotatable bonds is 6. The van der Waals surface area contributed by atoms with Crippen LogP contribution in [0, 0.1) is 5.92 Å². The molecule has 0 aliphatic heterocycles. The normalized spacial score (nSPS) is 13.6. The van der Waals surface area contributed by atoms with Crippen molar-refractivity contribution in [3.63, 3.8) is 0 Å². The number of carbonyl (C=O) groups is 2. The smallest absolute Gasteiger partial charge is 0.344 e. The third kappa shape index (κ3) is 3.51. The lowest BCUT2D eigenvalue weighted by Gasteiger charge is -2.19. The lowest BCUT2D eigenvalue weighted by Crippen LogP contribution is -2.21. The molecule has 4 nitrogen and oxygen atoms in total. The second-order valence-electron chi connectivity index (χ2n) is 7.56. The minimum Gasteiger partial charge on any atom is -0.455 e. The van der Waals surface area contributed by atoms with Crippen LogP contribution in [0.25, 0.3) is 32.3 Å². The van der Waals surface area contributed by atoms with Gasteiger partial charge in [0.15, 0.2) is 6.61 Å². The van der Waals surface area contributed by atoms with E-state index in [2.05, 4.69) is 42.5 Å². The third-order valence-electron chi connectivity index (χ3n) is 5.63. The van der Waals surface area contributed by atoms with Gasteiger partial charge >= 0.3 is 11.9 Å². The van der Waals surface area contributed by atoms with Crippen molar-refractivity contribution < 1.29 is 19.1 Å². The van der Waals surface area contributed by atoms with Gasteiger partial charge in [0.1, 0.15) is 6.10 Å². The summed E-state index contributed by atoms with van der Waals surface area (Å²) in [5, 5.41) is 6.96. The summed E-state index contributed by atoms with van der Waals surface area (Å²) in [5.41, 5.74) is 0.948. The zero-order valence-electron chi connectivity index (χ0n) is 16.9. The van der Waals surface area contributed by atoms with E-state index >= 15 is 0 Å². The largest absolute Gasteiger partial charge is 0.455 e. The molecule has 0 aromatic heterocycles. The van der Waals surface area contributed by atoms with Crippen LogP contribution in [0.2, 0.25) is 0 Å². The molecule has 0 fully saturated rings. The predicted molar refractivity (Wildman–Crippen MR) is 115 cm³/mol. The molecule has 148 valence electrons. The van der Waals surface area contributed by atoms with Crippen LogP contribution in [0.5, 0.6) is 0 Å². The molecule has 0 N–H and O–H groups in total. The van der Waals surface area contributed by atoms with Crippen molar-refractivity contribution in [2.45, 2.75) is 33.3 Å². The summed E-state index contributed by atoms with van der Waals surface area (Å²) < 4.78 is 10.7. The highest BCUT2D eigenvalue weighted by Gasteiger charge is 2.20. The Morgan fingerprint density at radius 1 is 0.897 bits per heavy atom. The fourth-order valence-electron chi connectivity index (χ4n) is 3.86. The van der Waals surface area contributed by atoms with E-state index in [1.807, 2.05) is 26.0 Å². The Labute approximate surface area is 169 Å². The van der Waals surface area contributed by atoms with Crippen molar-refractivity contribution in [3.05, 3.63) is 60.2 Å². The van der Waals surface area contributed by atoms with Crippen LogP contribution in [-0.2, 0) is 19.1 Å². The molecule has 29 heavy (non-hydrogen) atoms. The predicted octanol–water partition coefficient (Wildman–Crippen LogP) is 5.78. The molecule has 4 heteroatoms. The fraction of sp³-hybridized carbons (Fsp3) is 0.280. The third-order valence-corrected chi connectivity index (χ3v) is 5.63. The number of hydrogen-bond acceptors (Lipinski definition) is 4. The van der Waals surface area contributed by atoms with Crippen LogP contribution < -0.4 is 0 Å². The highest BCUT2D eigenvalue weighted by molar-refractivity contribution is 6.23. The minimum atomic E-state index is -0.542. The van der Waals surface area contributed by atoms with E-state index in [1.165, 1.54) is 16.2 Å². The monoisotopic (exact) mass is 388 g/mol. The molecule has 0 heterocycles. The van der Waals surface area contributed by atoms with Crippen LogP contribution in [-0.4, -0.2) is 18.5 Å². The highest BCUT2D eigenvalue weighted by Crippen LogP contribution is 2.38. The maximum Gasteiger partial charge on any atom is 0.344 e. The Hall–Kier alpha value is -3.14. The molecule has 0 saturated carbocycles. The van der Waals surface area contributed by atoms with Gasteiger partial charge in [0.25, 0.3) is 0 Å². The first kappa shape index (κ1) is 19.2. The molecular formula is C25H24O4. The van der Waals surface area contributed by atoms with E-state index in [-0.39, 0.29) is 18.5 Å². The van der Waals surface area contributed by atoms with Gasteiger partial charge in [-0.05, 0) is 51.7 Å². The van der Waals surface area contributed by atoms with Crippen LogP contribution in [0.1, 0.15) is 38.9 Å². The van der Waals surface area contributed by atoms with Gasteiger partial charge in [-0.1, -0.05) is 62.4 Å². The van der Waals surface area contributed by atoms with Crippen molar-refractivity contribution >= 4 is 44.3 Å². The van der Waals surface area contributed by atoms with Crippen LogP contribution in [0.3, 0.4) is 0 Å². The topological polar surface area (TPSA) is 52.6 Å². The van der Waals surface area contributed by atoms with Gasteiger partial charge in [-0.15, -0.1) is 0 Å². The standard InChI is InChI=1S/C25H24O4/c1-4-15(2)25(27)28-14-22(26)29-16(3)21-13-19-9-5-7-17-11-12-18-8-6-10-20(21)24(18)23(17)19/h5-13,15-16H,4,14H2,1-3H3. The van der Waals surface area contributed by atoms with Gasteiger partial charge in [-0.2, -0.15) is 0 Å². The summed E-state index contributed by atoms with van der Waals surface area (Å²) in [6.07, 6.45) is 0.214. The number of esters is 2. The Balaban J connectivity index is 1.65. The number of hydrogen-bond donors (Lipinski definition) is 0. The van der Waals surface area contributed by atoms with Gasteiger partial charge in [-0.25, -0.2) is 4.79 Å². The van der Waals surface area contributed by atoms with E-state index in [9.17, 15) is 9.59 Å². The van der Waals surface area contributed by atoms with E-state index in [0.717, 1.165) is 21.7 Å². The second-order valence-corrected chi connectivity index (χ2v) is 7.56. The molecule has 0 amide bonds. The van der Waals surface area contributed by atoms with Crippen molar-refractivity contribution in [3.8, 4) is 0 Å². The van der Waals surface area contributed by atoms with Crippen molar-refractivity contribution in [2.24, 2.45) is 5.92 Å². The summed E-state index contributed by atoms with van der Waals surface area (Å²) in [4.78, 5) is 24.1. The summed E-state index contributed by atoms with van der Waals surface area (Å²) in [6, 6.07) is 18.8. The van der Waals surface area contributed by atoms with Crippen LogP contribution in [0.15, 0.2) is 54.6 Å². The van der Waals surface area contributed by atoms with Crippen molar-refractivity contribution in [1.82, 2.24) is 0 Å². The SMILES string of the molecule is CCC(C)C(=O)OCC(=O)OC(C)c1cc2cccc3ccc4cccc1c4c32. The van der Waals surface area contributed by atoms with Crippen LogP contribution in [0.4, 0.5) is 0 Å². The number of benzene rings is 4. The quantitative estimate of drug-likeness (QED) is 0.310. The summed E-state index contributed by atoms with van der Waals surface area (Å²) in [7, 11) is 0. The molecule has 2 unspecified atom stereocenters. The number of carbonyl (C=O) groups excluding carboxylic acids is 2. The van der Waals surface area contributed by atoms with Gasteiger partial charge in [-0.3, -0.25) is 4.79 Å². The lowest BCUT2D eigenvalue weighted by atomic mass is 9.90. The fourth-order valence-corrected chi connectivity index (χ4v) is 3.86. The van der Waals surface area contributed by atoms with Gasteiger partial charge in [0.05, 0.1) is 5.92 Å². The minimum absolute atomic E-state index is 0.226. The lowest BCUT2D eigenvalue weighted by molar-refractivity contribution is -0.163. The molecule has 2 atom stereocenters. The first-order valence-corrected chi connectivity index (χ1v) is 10.0. The Kier molecular flexibility index (Phi) is 5.10. The van der Waals surface area contributed by atoms with E-state index in [0.29, 0.717) is 6.42 Å². The van der Waals surface area contributed by atoms with E-state index in [4.69, 9.17) is 9.47 Å². The first-order valence-electron chi connectivity index (χ1n) is 10.0. The number of ether oxygens (including phenoxy) is 2. The zero-order valence-corrected chi connectivity index (χ0v) is 16.9. The molecule has 0 aliphatic rings. The highest BCUT2D eigenvalue weighted by atomic mass is 16.6. The second kappa shape index (κ2) is 7.70. The molecule has 0 spiro atoms. The molecule has 0 saturated heterocycles. The molecule has 4 aromatic rings. The average molecular weight is 388 g/mol. The van der Waals surface area contributed by atoms with Gasteiger partial charge in [0, 0.05) is 5.56 Å². The zero-order chi connectivity index (χ0) is 20.5. The molecule has 0 bridgehead atoms. The van der Waals surface area contributed by atoms with Gasteiger partial charge < -0.3 is 9.47 Å². The van der Waals surface area contributed by atoms with E-state index < -0.39 is 12.1 Å². The molecule has 0 radical (unpaired) electrons. The molecule has 0 aliphatic carbocycles. The average Bonchev–Trinajstić information content (AvgIpc) is 2.74. The van der Waals surface area contributed by atoms with Gasteiger partial charge in [0.2, 0.25) is 0 Å². The molecular weight excluding hydrogens is 364 g/mol. The Bertz CT molecular complexity index is 1190. The van der Waals surface area contributed by atoms with Crippen LogP contribution >= 0.6 is 0 Å². The maximum absolute atomic E-state index is 12.3.